The molecule has 0 radical (unpaired) electrons. The number of hydrogen-bond donors (Lipinski definition) is 0. The van der Waals surface area contributed by atoms with Gasteiger partial charge in [0.05, 0.1) is 0 Å². The summed E-state index contributed by atoms with van der Waals surface area (Å²) in [7, 11) is 0. The fourth-order valence-electron chi connectivity index (χ4n) is 15.5. The summed E-state index contributed by atoms with van der Waals surface area (Å²) < 4.78 is 1.70. The Morgan fingerprint density at radius 1 is 0.208 bits per heavy atom. The maximum Gasteiger partial charge on any atom is 2.00 e. The SMILES string of the molecule is CCCCCCCCc1cc(CCCCCCCC)cc(C2=C(CCCCCC)C(CCCC)=C(c3cc(CCCCCC)cc(CCCCCC)c3)[N+]2=[N-])c1.[CH2-]CCCCCCCCCCCCCCCCCCCCC.[CH2-]CCCCCCCCCCCCCCCCCCCCC.[Ni+2]. The van der Waals surface area contributed by atoms with Crippen molar-refractivity contribution in [1.29, 1.82) is 0 Å². The van der Waals surface area contributed by atoms with Crippen molar-refractivity contribution in [2.45, 2.75) is 518 Å². The first-order chi connectivity index (χ1) is 49.3. The van der Waals surface area contributed by atoms with E-state index in [0.717, 1.165) is 75.6 Å². The summed E-state index contributed by atoms with van der Waals surface area (Å²) in [5.41, 5.74) is 26.1. The van der Waals surface area contributed by atoms with Crippen molar-refractivity contribution in [2.24, 2.45) is 0 Å². The van der Waals surface area contributed by atoms with Gasteiger partial charge in [-0.25, -0.2) is 4.70 Å². The van der Waals surface area contributed by atoms with Gasteiger partial charge in [-0.05, 0) is 124 Å². The molecule has 101 heavy (non-hydrogen) atoms. The first kappa shape index (κ1) is 99.0. The molecule has 0 saturated heterocycles. The van der Waals surface area contributed by atoms with Gasteiger partial charge in [-0.15, -0.1) is 0 Å². The van der Waals surface area contributed by atoms with Gasteiger partial charge in [-0.3, -0.25) is 0 Å². The van der Waals surface area contributed by atoms with E-state index in [1.165, 1.54) is 443 Å². The molecule has 0 N–H and O–H groups in total. The molecular formula is C98H178N2Ni. The van der Waals surface area contributed by atoms with Crippen molar-refractivity contribution in [2.75, 3.05) is 0 Å². The quantitative estimate of drug-likeness (QED) is 0.0273. The Morgan fingerprint density at radius 2 is 0.366 bits per heavy atom. The maximum absolute atomic E-state index is 12.8. The van der Waals surface area contributed by atoms with Crippen molar-refractivity contribution in [1.82, 2.24) is 0 Å². The Labute approximate surface area is 646 Å². The molecule has 0 fully saturated rings. The van der Waals surface area contributed by atoms with Crippen LogP contribution in [-0.4, -0.2) is 4.70 Å². The van der Waals surface area contributed by atoms with Gasteiger partial charge in [0.25, 0.3) is 0 Å². The molecule has 2 nitrogen and oxygen atoms in total. The van der Waals surface area contributed by atoms with Crippen LogP contribution in [0.3, 0.4) is 0 Å². The Balaban J connectivity index is 0.00000182. The molecule has 3 heteroatoms. The van der Waals surface area contributed by atoms with Crippen molar-refractivity contribution in [3.05, 3.63) is 100 Å². The minimum atomic E-state index is 0. The molecule has 0 unspecified atom stereocenters. The predicted octanol–water partition coefficient (Wildman–Crippen LogP) is 35.4. The van der Waals surface area contributed by atoms with Crippen LogP contribution in [-0.2, 0) is 42.2 Å². The summed E-state index contributed by atoms with van der Waals surface area (Å²) in [6.07, 6.45) is 97.7. The smallest absolute Gasteiger partial charge is 0.493 e. The van der Waals surface area contributed by atoms with E-state index in [4.69, 9.17) is 0 Å². The minimum absolute atomic E-state index is 0. The van der Waals surface area contributed by atoms with Crippen LogP contribution in [0.25, 0.3) is 16.9 Å². The van der Waals surface area contributed by atoms with Crippen LogP contribution in [0, 0.1) is 13.8 Å². The molecule has 3 rings (SSSR count). The summed E-state index contributed by atoms with van der Waals surface area (Å²) in [6.45, 7) is 26.3. The molecule has 1 heterocycles. The molecule has 0 aromatic heterocycles. The van der Waals surface area contributed by atoms with E-state index in [1.54, 1.807) is 4.70 Å². The number of aryl methyl sites for hydroxylation is 4. The molecule has 0 bridgehead atoms. The molecule has 0 atom stereocenters. The van der Waals surface area contributed by atoms with E-state index in [-0.39, 0.29) is 16.5 Å². The number of allylic oxidation sites excluding steroid dienone is 2. The van der Waals surface area contributed by atoms with E-state index in [9.17, 15) is 5.53 Å². The normalized spacial score (nSPS) is 12.2. The Hall–Kier alpha value is -1.99. The van der Waals surface area contributed by atoms with E-state index in [0.29, 0.717) is 0 Å². The van der Waals surface area contributed by atoms with Gasteiger partial charge in [0, 0.05) is 22.3 Å². The Kier molecular flexibility index (Phi) is 76.1. The monoisotopic (exact) mass is 1440 g/mol. The van der Waals surface area contributed by atoms with Crippen LogP contribution >= 0.6 is 0 Å². The second-order valence-corrected chi connectivity index (χ2v) is 32.0. The zero-order valence-electron chi connectivity index (χ0n) is 70.0. The molecular weight excluding hydrogens is 1260 g/mol. The van der Waals surface area contributed by atoms with Gasteiger partial charge in [0.1, 0.15) is 0 Å². The average Bonchev–Trinajstić information content (AvgIpc) is 1.61. The molecule has 0 amide bonds. The third kappa shape index (κ3) is 56.9. The maximum atomic E-state index is 12.8. The standard InChI is InChI=1S/C54H88N2.2C22H45.Ni/c1-7-13-19-24-26-30-35-47-40-48(36-31-27-25-20-14-8-2)44-50(43-47)54-52(38-32-23-17-11-5)51(37-18-12-6)53(56(54)55)49-41-45(33-28-21-15-9-3)39-46(42-49)34-29-22-16-10-4;2*1-3-5-7-9-11-13-15-17-19-21-22-20-18-16-14-12-10-8-6-4-2;/h39-44H,7-38H2,1-6H3;2*1,3-22H2,2H3;/q;2*-1;+2. The van der Waals surface area contributed by atoms with Crippen LogP contribution in [0.1, 0.15) is 525 Å². The zero-order chi connectivity index (χ0) is 72.5. The topological polar surface area (TPSA) is 25.3 Å². The van der Waals surface area contributed by atoms with E-state index in [2.05, 4.69) is 106 Å². The van der Waals surface area contributed by atoms with E-state index < -0.39 is 0 Å². The van der Waals surface area contributed by atoms with Crippen molar-refractivity contribution in [3.63, 3.8) is 0 Å². The van der Waals surface area contributed by atoms with E-state index >= 15 is 0 Å². The molecule has 1 aliphatic heterocycles. The first-order valence-electron chi connectivity index (χ1n) is 46.1. The second-order valence-electron chi connectivity index (χ2n) is 32.0. The number of benzene rings is 2. The summed E-state index contributed by atoms with van der Waals surface area (Å²) in [5.74, 6) is 0. The molecule has 0 spiro atoms. The Bertz CT molecular complexity index is 1980. The van der Waals surface area contributed by atoms with Gasteiger partial charge >= 0.3 is 16.5 Å². The third-order valence-corrected chi connectivity index (χ3v) is 22.1. The van der Waals surface area contributed by atoms with E-state index in [1.807, 2.05) is 0 Å². The van der Waals surface area contributed by atoms with Gasteiger partial charge in [0.2, 0.25) is 11.4 Å². The molecule has 590 valence electrons. The average molecular weight is 1440 g/mol. The molecule has 2 aromatic carbocycles. The Morgan fingerprint density at radius 3 is 0.564 bits per heavy atom. The van der Waals surface area contributed by atoms with Crippen LogP contribution in [0.15, 0.2) is 47.5 Å². The van der Waals surface area contributed by atoms with Crippen molar-refractivity contribution < 1.29 is 21.2 Å². The van der Waals surface area contributed by atoms with Crippen molar-refractivity contribution in [3.8, 4) is 0 Å². The van der Waals surface area contributed by atoms with Gasteiger partial charge < -0.3 is 19.4 Å². The number of unbranched alkanes of at least 4 members (excludes halogenated alkanes) is 58. The summed E-state index contributed by atoms with van der Waals surface area (Å²) >= 11 is 0. The summed E-state index contributed by atoms with van der Waals surface area (Å²) in [6, 6.07) is 14.9. The third-order valence-electron chi connectivity index (χ3n) is 22.1. The van der Waals surface area contributed by atoms with Crippen LogP contribution in [0.5, 0.6) is 0 Å². The second kappa shape index (κ2) is 77.6. The molecule has 0 aliphatic carbocycles. The largest absolute Gasteiger partial charge is 2.00 e. The predicted molar refractivity (Wildman–Crippen MR) is 455 cm³/mol. The number of nitrogens with zero attached hydrogens (tertiary/aromatic N) is 2. The first-order valence-corrected chi connectivity index (χ1v) is 46.1. The minimum Gasteiger partial charge on any atom is -0.493 e. The summed E-state index contributed by atoms with van der Waals surface area (Å²) in [5, 5.41) is 0. The summed E-state index contributed by atoms with van der Waals surface area (Å²) in [4.78, 5) is 0. The van der Waals surface area contributed by atoms with Gasteiger partial charge in [-0.1, -0.05) is 440 Å². The fourth-order valence-corrected chi connectivity index (χ4v) is 15.5. The molecule has 2 aromatic rings. The van der Waals surface area contributed by atoms with Gasteiger partial charge in [0.15, 0.2) is 0 Å². The number of hydrogen-bond acceptors (Lipinski definition) is 0. The molecule has 0 saturated carbocycles. The van der Waals surface area contributed by atoms with Crippen molar-refractivity contribution >= 4 is 11.4 Å². The van der Waals surface area contributed by atoms with Crippen LogP contribution in [0.4, 0.5) is 0 Å². The van der Waals surface area contributed by atoms with Gasteiger partial charge in [-0.2, -0.15) is 12.8 Å². The fraction of sp³-hybridized carbons (Fsp3) is 0.816. The van der Waals surface area contributed by atoms with Crippen LogP contribution < -0.4 is 0 Å². The zero-order valence-corrected chi connectivity index (χ0v) is 71.0. The number of rotatable bonds is 72. The van der Waals surface area contributed by atoms with Crippen LogP contribution in [0.2, 0.25) is 0 Å². The molecule has 1 aliphatic rings.